The van der Waals surface area contributed by atoms with Gasteiger partial charge < -0.3 is 42.6 Å². The summed E-state index contributed by atoms with van der Waals surface area (Å²) in [5, 5.41) is 0. The molecule has 0 N–H and O–H groups in total. The Morgan fingerprint density at radius 2 is 0.800 bits per heavy atom. The summed E-state index contributed by atoms with van der Waals surface area (Å²) in [6.07, 6.45) is 5.76. The van der Waals surface area contributed by atoms with Crippen LogP contribution >= 0.6 is 0 Å². The van der Waals surface area contributed by atoms with Gasteiger partial charge in [-0.2, -0.15) is 0 Å². The molecule has 0 spiro atoms. The lowest BCUT2D eigenvalue weighted by Gasteiger charge is -2.08. The molecule has 35 heavy (non-hydrogen) atoms. The second-order valence-electron chi connectivity index (χ2n) is 7.60. The van der Waals surface area contributed by atoms with E-state index in [1.54, 1.807) is 7.11 Å². The molecule has 0 aliphatic carbocycles. The summed E-state index contributed by atoms with van der Waals surface area (Å²) >= 11 is 0. The van der Waals surface area contributed by atoms with Crippen molar-refractivity contribution in [2.75, 3.05) is 113 Å². The minimum atomic E-state index is -0.0923. The molecule has 0 fully saturated rings. The molecule has 0 radical (unpaired) electrons. The third-order valence-corrected chi connectivity index (χ3v) is 4.64. The van der Waals surface area contributed by atoms with Crippen molar-refractivity contribution in [3.05, 3.63) is 0 Å². The minimum Gasteiger partial charge on any atom is -0.466 e. The van der Waals surface area contributed by atoms with Crippen molar-refractivity contribution in [2.24, 2.45) is 0 Å². The summed E-state index contributed by atoms with van der Waals surface area (Å²) in [6, 6.07) is 0. The van der Waals surface area contributed by atoms with Crippen molar-refractivity contribution < 1.29 is 47.4 Å². The zero-order valence-electron chi connectivity index (χ0n) is 22.1. The maximum atomic E-state index is 11.2. The van der Waals surface area contributed by atoms with Crippen LogP contribution in [0.15, 0.2) is 0 Å². The highest BCUT2D eigenvalue weighted by atomic mass is 16.6. The molecule has 0 aromatic carbocycles. The Kier molecular flexibility index (Phi) is 30.4. The Balaban J connectivity index is 3.04. The first-order chi connectivity index (χ1) is 17.3. The molecule has 0 rings (SSSR count). The average molecular weight is 511 g/mol. The van der Waals surface area contributed by atoms with Gasteiger partial charge in [-0.1, -0.05) is 19.3 Å². The normalized spacial score (nSPS) is 11.3. The lowest BCUT2D eigenvalue weighted by Crippen LogP contribution is -2.14. The van der Waals surface area contributed by atoms with Gasteiger partial charge in [0.05, 0.1) is 99.1 Å². The van der Waals surface area contributed by atoms with Crippen molar-refractivity contribution in [1.29, 1.82) is 0 Å². The number of unbranched alkanes of at least 4 members (excludes halogenated alkanes) is 4. The Hall–Kier alpha value is -0.850. The second kappa shape index (κ2) is 31.2. The number of methoxy groups -OCH3 is 1. The van der Waals surface area contributed by atoms with Crippen LogP contribution in [0.25, 0.3) is 0 Å². The standard InChI is InChI=1S/C25H50O10/c1-3-35-25(26)9-7-5-4-6-8-10-28-13-14-30-17-18-32-21-22-34-24-23-33-20-19-31-16-15-29-12-11-27-2/h3-24H2,1-2H3. The highest BCUT2D eigenvalue weighted by molar-refractivity contribution is 5.69. The van der Waals surface area contributed by atoms with Gasteiger partial charge in [0.25, 0.3) is 0 Å². The van der Waals surface area contributed by atoms with E-state index in [2.05, 4.69) is 0 Å². The molecule has 0 aliphatic rings. The molecular formula is C25H50O10. The number of hydrogen-bond donors (Lipinski definition) is 0. The fourth-order valence-electron chi connectivity index (χ4n) is 2.80. The van der Waals surface area contributed by atoms with Crippen molar-refractivity contribution in [2.45, 2.75) is 45.4 Å². The van der Waals surface area contributed by atoms with Gasteiger partial charge in [-0.15, -0.1) is 0 Å². The number of carbonyl (C=O) groups excluding carboxylic acids is 1. The van der Waals surface area contributed by atoms with E-state index in [1.807, 2.05) is 6.92 Å². The molecule has 210 valence electrons. The van der Waals surface area contributed by atoms with Crippen molar-refractivity contribution in [3.8, 4) is 0 Å². The van der Waals surface area contributed by atoms with Gasteiger partial charge >= 0.3 is 5.97 Å². The van der Waals surface area contributed by atoms with Gasteiger partial charge in [-0.25, -0.2) is 0 Å². The summed E-state index contributed by atoms with van der Waals surface area (Å²) in [4.78, 5) is 11.2. The van der Waals surface area contributed by atoms with E-state index < -0.39 is 0 Å². The van der Waals surface area contributed by atoms with Crippen molar-refractivity contribution in [3.63, 3.8) is 0 Å². The molecule has 0 saturated carbocycles. The van der Waals surface area contributed by atoms with Crippen LogP contribution in [0.4, 0.5) is 0 Å². The van der Waals surface area contributed by atoms with Gasteiger partial charge in [-0.05, 0) is 19.8 Å². The maximum Gasteiger partial charge on any atom is 0.305 e. The Bertz CT molecular complexity index is 412. The minimum absolute atomic E-state index is 0.0923. The van der Waals surface area contributed by atoms with Crippen LogP contribution < -0.4 is 0 Å². The zero-order chi connectivity index (χ0) is 25.5. The van der Waals surface area contributed by atoms with Crippen LogP contribution in [-0.4, -0.2) is 119 Å². The van der Waals surface area contributed by atoms with Gasteiger partial charge in [-0.3, -0.25) is 4.79 Å². The molecule has 0 amide bonds. The molecule has 0 bridgehead atoms. The molecule has 0 aromatic heterocycles. The van der Waals surface area contributed by atoms with Gasteiger partial charge in [0, 0.05) is 20.1 Å². The lowest BCUT2D eigenvalue weighted by atomic mass is 10.1. The Morgan fingerprint density at radius 3 is 1.20 bits per heavy atom. The van der Waals surface area contributed by atoms with Crippen LogP contribution in [0.1, 0.15) is 45.4 Å². The number of esters is 1. The van der Waals surface area contributed by atoms with E-state index in [-0.39, 0.29) is 5.97 Å². The SMILES string of the molecule is CCOC(=O)CCCCCCCOCCOCCOCCOCCOCCOCCOCCOC. The van der Waals surface area contributed by atoms with Gasteiger partial charge in [0.2, 0.25) is 0 Å². The van der Waals surface area contributed by atoms with E-state index in [1.165, 1.54) is 0 Å². The largest absolute Gasteiger partial charge is 0.466 e. The molecule has 0 aliphatic heterocycles. The quantitative estimate of drug-likeness (QED) is 0.106. The van der Waals surface area contributed by atoms with Crippen LogP contribution in [0, 0.1) is 0 Å². The smallest absolute Gasteiger partial charge is 0.305 e. The zero-order valence-corrected chi connectivity index (χ0v) is 22.1. The third-order valence-electron chi connectivity index (χ3n) is 4.64. The Morgan fingerprint density at radius 1 is 0.457 bits per heavy atom. The van der Waals surface area contributed by atoms with E-state index in [4.69, 9.17) is 42.6 Å². The number of carbonyl (C=O) groups is 1. The van der Waals surface area contributed by atoms with Crippen molar-refractivity contribution >= 4 is 5.97 Å². The average Bonchev–Trinajstić information content (AvgIpc) is 2.86. The predicted octanol–water partition coefficient (Wildman–Crippen LogP) is 2.65. The number of rotatable bonds is 30. The maximum absolute atomic E-state index is 11.2. The first kappa shape index (κ1) is 34.1. The molecular weight excluding hydrogens is 460 g/mol. The van der Waals surface area contributed by atoms with E-state index in [9.17, 15) is 4.79 Å². The number of hydrogen-bond acceptors (Lipinski definition) is 10. The third kappa shape index (κ3) is 31.1. The second-order valence-corrected chi connectivity index (χ2v) is 7.60. The van der Waals surface area contributed by atoms with E-state index in [0.29, 0.717) is 106 Å². The predicted molar refractivity (Wildman–Crippen MR) is 132 cm³/mol. The highest BCUT2D eigenvalue weighted by Crippen LogP contribution is 2.06. The summed E-state index contributed by atoms with van der Waals surface area (Å²) in [5.74, 6) is -0.0923. The summed E-state index contributed by atoms with van der Waals surface area (Å²) in [5.41, 5.74) is 0. The molecule has 0 aromatic rings. The van der Waals surface area contributed by atoms with Crippen LogP contribution in [0.3, 0.4) is 0 Å². The van der Waals surface area contributed by atoms with Crippen LogP contribution in [0.5, 0.6) is 0 Å². The van der Waals surface area contributed by atoms with E-state index in [0.717, 1.165) is 38.7 Å². The fourth-order valence-corrected chi connectivity index (χ4v) is 2.80. The van der Waals surface area contributed by atoms with E-state index >= 15 is 0 Å². The Labute approximate surface area is 212 Å². The molecule has 0 heterocycles. The highest BCUT2D eigenvalue weighted by Gasteiger charge is 2.00. The molecule has 10 nitrogen and oxygen atoms in total. The van der Waals surface area contributed by atoms with Gasteiger partial charge in [0.1, 0.15) is 0 Å². The van der Waals surface area contributed by atoms with Gasteiger partial charge in [0.15, 0.2) is 0 Å². The molecule has 0 unspecified atom stereocenters. The topological polar surface area (TPSA) is 100 Å². The number of ether oxygens (including phenoxy) is 9. The molecule has 10 heteroatoms. The van der Waals surface area contributed by atoms with Crippen LogP contribution in [0.2, 0.25) is 0 Å². The fraction of sp³-hybridized carbons (Fsp3) is 0.960. The first-order valence-electron chi connectivity index (χ1n) is 13.0. The first-order valence-corrected chi connectivity index (χ1v) is 13.0. The molecule has 0 saturated heterocycles. The monoisotopic (exact) mass is 510 g/mol. The summed E-state index contributed by atoms with van der Waals surface area (Å²) < 4.78 is 47.8. The lowest BCUT2D eigenvalue weighted by molar-refractivity contribution is -0.143. The summed E-state index contributed by atoms with van der Waals surface area (Å²) in [6.45, 7) is 10.8. The van der Waals surface area contributed by atoms with Crippen molar-refractivity contribution in [1.82, 2.24) is 0 Å². The molecule has 0 atom stereocenters. The summed E-state index contributed by atoms with van der Waals surface area (Å²) in [7, 11) is 1.65. The van der Waals surface area contributed by atoms with Crippen LogP contribution in [-0.2, 0) is 47.4 Å².